The van der Waals surface area contributed by atoms with E-state index in [9.17, 15) is 4.79 Å². The molecule has 5 nitrogen and oxygen atoms in total. The number of amides is 1. The number of ether oxygens (including phenoxy) is 2. The SMILES string of the molecule is COc1ccc(CNC(=O)Cc2cc(C)n(C)c2C)cc1OC. The van der Waals surface area contributed by atoms with E-state index >= 15 is 0 Å². The number of hydrogen-bond donors (Lipinski definition) is 1. The van der Waals surface area contributed by atoms with Gasteiger partial charge in [-0.25, -0.2) is 0 Å². The van der Waals surface area contributed by atoms with E-state index in [0.717, 1.165) is 22.5 Å². The van der Waals surface area contributed by atoms with E-state index in [1.165, 1.54) is 0 Å². The average Bonchev–Trinajstić information content (AvgIpc) is 2.79. The standard InChI is InChI=1S/C18H24N2O3/c1-12-8-15(13(2)20(12)3)10-18(21)19-11-14-6-7-16(22-4)17(9-14)23-5/h6-9H,10-11H2,1-5H3,(H,19,21). The summed E-state index contributed by atoms with van der Waals surface area (Å²) < 4.78 is 12.6. The summed E-state index contributed by atoms with van der Waals surface area (Å²) in [4.78, 5) is 12.2. The molecule has 0 aliphatic rings. The number of nitrogens with one attached hydrogen (secondary N) is 1. The van der Waals surface area contributed by atoms with Gasteiger partial charge in [0.2, 0.25) is 5.91 Å². The van der Waals surface area contributed by atoms with Crippen molar-refractivity contribution in [2.45, 2.75) is 26.8 Å². The highest BCUT2D eigenvalue weighted by molar-refractivity contribution is 5.79. The lowest BCUT2D eigenvalue weighted by Gasteiger charge is -2.10. The predicted molar refractivity (Wildman–Crippen MR) is 90.0 cm³/mol. The lowest BCUT2D eigenvalue weighted by molar-refractivity contribution is -0.120. The summed E-state index contributed by atoms with van der Waals surface area (Å²) >= 11 is 0. The monoisotopic (exact) mass is 316 g/mol. The molecule has 1 aromatic heterocycles. The molecule has 0 bridgehead atoms. The first kappa shape index (κ1) is 16.9. The van der Waals surface area contributed by atoms with Crippen LogP contribution in [0, 0.1) is 13.8 Å². The van der Waals surface area contributed by atoms with Crippen molar-refractivity contribution in [1.82, 2.24) is 9.88 Å². The minimum Gasteiger partial charge on any atom is -0.493 e. The summed E-state index contributed by atoms with van der Waals surface area (Å²) in [6, 6.07) is 7.69. The van der Waals surface area contributed by atoms with E-state index in [1.807, 2.05) is 39.1 Å². The predicted octanol–water partition coefficient (Wildman–Crippen LogP) is 2.52. The van der Waals surface area contributed by atoms with Crippen LogP contribution in [-0.4, -0.2) is 24.7 Å². The number of aromatic nitrogens is 1. The molecule has 1 heterocycles. The van der Waals surface area contributed by atoms with Crippen molar-refractivity contribution in [3.63, 3.8) is 0 Å². The van der Waals surface area contributed by atoms with Crippen LogP contribution in [0.1, 0.15) is 22.5 Å². The lowest BCUT2D eigenvalue weighted by Crippen LogP contribution is -2.24. The quantitative estimate of drug-likeness (QED) is 0.891. The Morgan fingerprint density at radius 2 is 1.83 bits per heavy atom. The largest absolute Gasteiger partial charge is 0.493 e. The van der Waals surface area contributed by atoms with Crippen LogP contribution < -0.4 is 14.8 Å². The van der Waals surface area contributed by atoms with Crippen molar-refractivity contribution in [1.29, 1.82) is 0 Å². The zero-order chi connectivity index (χ0) is 17.0. The molecule has 1 amide bonds. The molecule has 2 rings (SSSR count). The van der Waals surface area contributed by atoms with Crippen molar-refractivity contribution in [3.8, 4) is 11.5 Å². The van der Waals surface area contributed by atoms with Crippen LogP contribution in [-0.2, 0) is 24.8 Å². The number of hydrogen-bond acceptors (Lipinski definition) is 3. The maximum Gasteiger partial charge on any atom is 0.224 e. The highest BCUT2D eigenvalue weighted by Gasteiger charge is 2.11. The molecule has 0 radical (unpaired) electrons. The minimum absolute atomic E-state index is 0.00786. The Kier molecular flexibility index (Phi) is 5.32. The second-order valence-corrected chi connectivity index (χ2v) is 5.60. The number of aryl methyl sites for hydroxylation is 1. The number of rotatable bonds is 6. The van der Waals surface area contributed by atoms with Gasteiger partial charge in [-0.3, -0.25) is 4.79 Å². The van der Waals surface area contributed by atoms with Crippen LogP contribution >= 0.6 is 0 Å². The van der Waals surface area contributed by atoms with Crippen LogP contribution in [0.25, 0.3) is 0 Å². The number of benzene rings is 1. The van der Waals surface area contributed by atoms with Gasteiger partial charge in [-0.05, 0) is 43.2 Å². The average molecular weight is 316 g/mol. The van der Waals surface area contributed by atoms with Crippen molar-refractivity contribution in [3.05, 3.63) is 46.8 Å². The smallest absolute Gasteiger partial charge is 0.224 e. The Hall–Kier alpha value is -2.43. The van der Waals surface area contributed by atoms with Gasteiger partial charge in [-0.15, -0.1) is 0 Å². The molecule has 23 heavy (non-hydrogen) atoms. The Labute approximate surface area is 137 Å². The van der Waals surface area contributed by atoms with Gasteiger partial charge >= 0.3 is 0 Å². The van der Waals surface area contributed by atoms with Gasteiger partial charge in [-0.2, -0.15) is 0 Å². The topological polar surface area (TPSA) is 52.5 Å². The van der Waals surface area contributed by atoms with Gasteiger partial charge in [0.15, 0.2) is 11.5 Å². The molecular weight excluding hydrogens is 292 g/mol. The zero-order valence-electron chi connectivity index (χ0n) is 14.4. The molecule has 0 aliphatic heterocycles. The van der Waals surface area contributed by atoms with E-state index in [-0.39, 0.29) is 5.91 Å². The third-order valence-corrected chi connectivity index (χ3v) is 4.17. The molecule has 124 valence electrons. The van der Waals surface area contributed by atoms with Crippen LogP contribution in [0.2, 0.25) is 0 Å². The van der Waals surface area contributed by atoms with Gasteiger partial charge in [0.05, 0.1) is 20.6 Å². The lowest BCUT2D eigenvalue weighted by atomic mass is 10.1. The van der Waals surface area contributed by atoms with Crippen LogP contribution in [0.5, 0.6) is 11.5 Å². The van der Waals surface area contributed by atoms with Crippen molar-refractivity contribution in [2.75, 3.05) is 14.2 Å². The van der Waals surface area contributed by atoms with Gasteiger partial charge in [0, 0.05) is 25.0 Å². The molecular formula is C18H24N2O3. The van der Waals surface area contributed by atoms with Crippen LogP contribution in [0.4, 0.5) is 0 Å². The normalized spacial score (nSPS) is 10.5. The molecule has 0 saturated carbocycles. The molecule has 0 fully saturated rings. The zero-order valence-corrected chi connectivity index (χ0v) is 14.4. The van der Waals surface area contributed by atoms with Gasteiger partial charge < -0.3 is 19.4 Å². The fraction of sp³-hybridized carbons (Fsp3) is 0.389. The molecule has 1 aromatic carbocycles. The van der Waals surface area contributed by atoms with Crippen molar-refractivity contribution in [2.24, 2.45) is 7.05 Å². The van der Waals surface area contributed by atoms with Gasteiger partial charge in [-0.1, -0.05) is 6.07 Å². The molecule has 0 spiro atoms. The van der Waals surface area contributed by atoms with E-state index < -0.39 is 0 Å². The van der Waals surface area contributed by atoms with E-state index in [4.69, 9.17) is 9.47 Å². The first-order valence-electron chi connectivity index (χ1n) is 7.55. The Morgan fingerprint density at radius 1 is 1.13 bits per heavy atom. The summed E-state index contributed by atoms with van der Waals surface area (Å²) in [6.07, 6.45) is 0.390. The number of carbonyl (C=O) groups excluding carboxylic acids is 1. The second kappa shape index (κ2) is 7.22. The molecule has 0 aliphatic carbocycles. The molecule has 5 heteroatoms. The summed E-state index contributed by atoms with van der Waals surface area (Å²) in [6.45, 7) is 4.53. The summed E-state index contributed by atoms with van der Waals surface area (Å²) in [7, 11) is 5.21. The summed E-state index contributed by atoms with van der Waals surface area (Å²) in [5, 5.41) is 2.95. The third-order valence-electron chi connectivity index (χ3n) is 4.17. The summed E-state index contributed by atoms with van der Waals surface area (Å²) in [5.41, 5.74) is 4.32. The highest BCUT2D eigenvalue weighted by atomic mass is 16.5. The first-order valence-corrected chi connectivity index (χ1v) is 7.55. The molecule has 0 saturated heterocycles. The number of nitrogens with zero attached hydrogens (tertiary/aromatic N) is 1. The van der Waals surface area contributed by atoms with Crippen LogP contribution in [0.3, 0.4) is 0 Å². The molecule has 1 N–H and O–H groups in total. The fourth-order valence-electron chi connectivity index (χ4n) is 2.54. The van der Waals surface area contributed by atoms with Crippen molar-refractivity contribution < 1.29 is 14.3 Å². The maximum atomic E-state index is 12.2. The fourth-order valence-corrected chi connectivity index (χ4v) is 2.54. The molecule has 0 unspecified atom stereocenters. The summed E-state index contributed by atoms with van der Waals surface area (Å²) in [5.74, 6) is 1.35. The maximum absolute atomic E-state index is 12.2. The van der Waals surface area contributed by atoms with Gasteiger partial charge in [0.1, 0.15) is 0 Å². The van der Waals surface area contributed by atoms with E-state index in [1.54, 1.807) is 14.2 Å². The molecule has 0 atom stereocenters. The first-order chi connectivity index (χ1) is 11.0. The van der Waals surface area contributed by atoms with E-state index in [0.29, 0.717) is 24.5 Å². The van der Waals surface area contributed by atoms with Gasteiger partial charge in [0.25, 0.3) is 0 Å². The highest BCUT2D eigenvalue weighted by Crippen LogP contribution is 2.27. The Bertz CT molecular complexity index is 705. The Morgan fingerprint density at radius 3 is 2.39 bits per heavy atom. The van der Waals surface area contributed by atoms with Crippen LogP contribution in [0.15, 0.2) is 24.3 Å². The number of carbonyl (C=O) groups is 1. The Balaban J connectivity index is 1.98. The van der Waals surface area contributed by atoms with Crippen molar-refractivity contribution >= 4 is 5.91 Å². The third kappa shape index (κ3) is 3.86. The number of methoxy groups -OCH3 is 2. The minimum atomic E-state index is 0.00786. The molecule has 2 aromatic rings. The van der Waals surface area contributed by atoms with E-state index in [2.05, 4.69) is 16.0 Å². The second-order valence-electron chi connectivity index (χ2n) is 5.60.